The van der Waals surface area contributed by atoms with E-state index in [1.165, 1.54) is 6.42 Å². The summed E-state index contributed by atoms with van der Waals surface area (Å²) in [5.41, 5.74) is 0.127. The molecule has 0 radical (unpaired) electrons. The lowest BCUT2D eigenvalue weighted by Crippen LogP contribution is -2.20. The van der Waals surface area contributed by atoms with Crippen molar-refractivity contribution in [2.75, 3.05) is 20.2 Å². The van der Waals surface area contributed by atoms with Gasteiger partial charge in [-0.05, 0) is 39.8 Å². The van der Waals surface area contributed by atoms with Crippen molar-refractivity contribution in [2.45, 2.75) is 25.9 Å². The van der Waals surface area contributed by atoms with Gasteiger partial charge in [0.2, 0.25) is 0 Å². The van der Waals surface area contributed by atoms with Crippen molar-refractivity contribution < 1.29 is 4.74 Å². The normalized spacial score (nSPS) is 30.9. The second-order valence-corrected chi connectivity index (χ2v) is 3.70. The average Bonchev–Trinajstić information content (AvgIpc) is 2.12. The SMILES string of the molecule is CNCC1COC(C)(C)C1. The molecule has 10 heavy (non-hydrogen) atoms. The number of rotatable bonds is 2. The summed E-state index contributed by atoms with van der Waals surface area (Å²) in [5, 5.41) is 3.17. The van der Waals surface area contributed by atoms with Crippen molar-refractivity contribution in [3.8, 4) is 0 Å². The van der Waals surface area contributed by atoms with E-state index in [1.807, 2.05) is 7.05 Å². The molecule has 0 aliphatic carbocycles. The summed E-state index contributed by atoms with van der Waals surface area (Å²) < 4.78 is 5.57. The van der Waals surface area contributed by atoms with Crippen LogP contribution in [0.15, 0.2) is 0 Å². The molecule has 0 bridgehead atoms. The first kappa shape index (κ1) is 8.02. The minimum atomic E-state index is 0.127. The van der Waals surface area contributed by atoms with Gasteiger partial charge in [-0.3, -0.25) is 0 Å². The van der Waals surface area contributed by atoms with Gasteiger partial charge < -0.3 is 10.1 Å². The highest BCUT2D eigenvalue weighted by atomic mass is 16.5. The third-order valence-electron chi connectivity index (χ3n) is 1.98. The zero-order valence-electron chi connectivity index (χ0n) is 7.11. The highest BCUT2D eigenvalue weighted by Gasteiger charge is 2.30. The number of hydrogen-bond acceptors (Lipinski definition) is 2. The molecule has 2 heteroatoms. The molecule has 1 fully saturated rings. The van der Waals surface area contributed by atoms with E-state index in [4.69, 9.17) is 4.74 Å². The summed E-state index contributed by atoms with van der Waals surface area (Å²) in [6.45, 7) is 6.32. The van der Waals surface area contributed by atoms with Crippen LogP contribution in [0.5, 0.6) is 0 Å². The highest BCUT2D eigenvalue weighted by Crippen LogP contribution is 2.28. The molecular weight excluding hydrogens is 126 g/mol. The summed E-state index contributed by atoms with van der Waals surface area (Å²) in [6, 6.07) is 0. The van der Waals surface area contributed by atoms with Gasteiger partial charge in [0.15, 0.2) is 0 Å². The van der Waals surface area contributed by atoms with Crippen molar-refractivity contribution in [1.29, 1.82) is 0 Å². The smallest absolute Gasteiger partial charge is 0.0630 e. The monoisotopic (exact) mass is 143 g/mol. The Balaban J connectivity index is 2.29. The van der Waals surface area contributed by atoms with Crippen LogP contribution in [0.2, 0.25) is 0 Å². The molecule has 1 unspecified atom stereocenters. The van der Waals surface area contributed by atoms with Crippen molar-refractivity contribution in [1.82, 2.24) is 5.32 Å². The van der Waals surface area contributed by atoms with Gasteiger partial charge in [0.1, 0.15) is 0 Å². The molecule has 1 aliphatic heterocycles. The van der Waals surface area contributed by atoms with E-state index in [9.17, 15) is 0 Å². The maximum absolute atomic E-state index is 5.57. The lowest BCUT2D eigenvalue weighted by Gasteiger charge is -2.15. The minimum absolute atomic E-state index is 0.127. The number of ether oxygens (including phenoxy) is 1. The molecule has 1 atom stereocenters. The van der Waals surface area contributed by atoms with Gasteiger partial charge in [-0.1, -0.05) is 0 Å². The largest absolute Gasteiger partial charge is 0.375 e. The molecule has 0 aromatic rings. The van der Waals surface area contributed by atoms with Gasteiger partial charge in [-0.25, -0.2) is 0 Å². The van der Waals surface area contributed by atoms with E-state index < -0.39 is 0 Å². The Morgan fingerprint density at radius 3 is 2.70 bits per heavy atom. The summed E-state index contributed by atoms with van der Waals surface area (Å²) in [7, 11) is 1.99. The summed E-state index contributed by atoms with van der Waals surface area (Å²) >= 11 is 0. The molecule has 0 spiro atoms. The van der Waals surface area contributed by atoms with E-state index in [2.05, 4.69) is 19.2 Å². The molecular formula is C8H17NO. The number of nitrogens with one attached hydrogen (secondary N) is 1. The molecule has 1 rings (SSSR count). The van der Waals surface area contributed by atoms with Crippen LogP contribution in [0.1, 0.15) is 20.3 Å². The second-order valence-electron chi connectivity index (χ2n) is 3.70. The van der Waals surface area contributed by atoms with Gasteiger partial charge in [-0.15, -0.1) is 0 Å². The van der Waals surface area contributed by atoms with Crippen LogP contribution in [0.25, 0.3) is 0 Å². The topological polar surface area (TPSA) is 21.3 Å². The third-order valence-corrected chi connectivity index (χ3v) is 1.98. The van der Waals surface area contributed by atoms with Gasteiger partial charge in [0, 0.05) is 0 Å². The fourth-order valence-electron chi connectivity index (χ4n) is 1.58. The van der Waals surface area contributed by atoms with Crippen LogP contribution in [-0.4, -0.2) is 25.8 Å². The maximum atomic E-state index is 5.57. The lowest BCUT2D eigenvalue weighted by atomic mass is 9.98. The zero-order valence-corrected chi connectivity index (χ0v) is 7.11. The average molecular weight is 143 g/mol. The lowest BCUT2D eigenvalue weighted by molar-refractivity contribution is 0.0350. The first-order valence-electron chi connectivity index (χ1n) is 3.92. The Morgan fingerprint density at radius 1 is 1.60 bits per heavy atom. The van der Waals surface area contributed by atoms with Crippen molar-refractivity contribution in [2.24, 2.45) is 5.92 Å². The molecule has 1 aliphatic rings. The van der Waals surface area contributed by atoms with Crippen LogP contribution < -0.4 is 5.32 Å². The molecule has 1 heterocycles. The number of hydrogen-bond donors (Lipinski definition) is 1. The standard InChI is InChI=1S/C8H17NO/c1-8(2)4-7(5-9-3)6-10-8/h7,9H,4-6H2,1-3H3. The second kappa shape index (κ2) is 2.89. The van der Waals surface area contributed by atoms with Crippen LogP contribution in [0, 0.1) is 5.92 Å². The Labute approximate surface area is 63.0 Å². The van der Waals surface area contributed by atoms with E-state index in [1.54, 1.807) is 0 Å². The van der Waals surface area contributed by atoms with Gasteiger partial charge in [-0.2, -0.15) is 0 Å². The summed E-state index contributed by atoms with van der Waals surface area (Å²) in [5.74, 6) is 0.722. The summed E-state index contributed by atoms with van der Waals surface area (Å²) in [6.07, 6.45) is 1.19. The molecule has 0 saturated carbocycles. The zero-order chi connectivity index (χ0) is 7.61. The highest BCUT2D eigenvalue weighted by molar-refractivity contribution is 4.81. The van der Waals surface area contributed by atoms with Crippen molar-refractivity contribution in [3.05, 3.63) is 0 Å². The van der Waals surface area contributed by atoms with Crippen molar-refractivity contribution in [3.63, 3.8) is 0 Å². The van der Waals surface area contributed by atoms with E-state index in [0.717, 1.165) is 19.1 Å². The predicted octanol–water partition coefficient (Wildman–Crippen LogP) is 1.02. The van der Waals surface area contributed by atoms with Gasteiger partial charge >= 0.3 is 0 Å². The van der Waals surface area contributed by atoms with Crippen molar-refractivity contribution >= 4 is 0 Å². The first-order chi connectivity index (χ1) is 4.64. The molecule has 0 aromatic heterocycles. The fourth-order valence-corrected chi connectivity index (χ4v) is 1.58. The van der Waals surface area contributed by atoms with E-state index in [-0.39, 0.29) is 5.60 Å². The Morgan fingerprint density at radius 2 is 2.30 bits per heavy atom. The molecule has 0 aromatic carbocycles. The van der Waals surface area contributed by atoms with Crippen LogP contribution >= 0.6 is 0 Å². The maximum Gasteiger partial charge on any atom is 0.0630 e. The fraction of sp³-hybridized carbons (Fsp3) is 1.00. The van der Waals surface area contributed by atoms with Crippen LogP contribution in [-0.2, 0) is 4.74 Å². The Kier molecular flexibility index (Phi) is 2.32. The van der Waals surface area contributed by atoms with Crippen LogP contribution in [0.4, 0.5) is 0 Å². The first-order valence-corrected chi connectivity index (χ1v) is 3.92. The minimum Gasteiger partial charge on any atom is -0.375 e. The molecule has 1 saturated heterocycles. The molecule has 2 nitrogen and oxygen atoms in total. The van der Waals surface area contributed by atoms with Gasteiger partial charge in [0.05, 0.1) is 12.2 Å². The molecule has 0 amide bonds. The van der Waals surface area contributed by atoms with Crippen LogP contribution in [0.3, 0.4) is 0 Å². The Bertz CT molecular complexity index is 112. The van der Waals surface area contributed by atoms with Gasteiger partial charge in [0.25, 0.3) is 0 Å². The third kappa shape index (κ3) is 1.96. The quantitative estimate of drug-likeness (QED) is 0.623. The molecule has 1 N–H and O–H groups in total. The summed E-state index contributed by atoms with van der Waals surface area (Å²) in [4.78, 5) is 0. The van der Waals surface area contributed by atoms with E-state index >= 15 is 0 Å². The Hall–Kier alpha value is -0.0800. The van der Waals surface area contributed by atoms with E-state index in [0.29, 0.717) is 0 Å². The molecule has 60 valence electrons. The predicted molar refractivity (Wildman–Crippen MR) is 42.1 cm³/mol.